The third kappa shape index (κ3) is 3.97. The molecular formula is C20H26N6O. The molecule has 2 saturated heterocycles. The molecule has 1 amide bonds. The van der Waals surface area contributed by atoms with Crippen molar-refractivity contribution >= 4 is 23.9 Å². The smallest absolute Gasteiger partial charge is 0.227 e. The maximum atomic E-state index is 10.9. The topological polar surface area (TPSA) is 55.8 Å². The molecule has 0 saturated carbocycles. The molecule has 2 fully saturated rings. The summed E-state index contributed by atoms with van der Waals surface area (Å²) in [5.74, 6) is 1.78. The molecule has 0 bridgehead atoms. The van der Waals surface area contributed by atoms with E-state index in [1.54, 1.807) is 0 Å². The van der Waals surface area contributed by atoms with Crippen molar-refractivity contribution in [1.82, 2.24) is 14.9 Å². The van der Waals surface area contributed by atoms with Gasteiger partial charge >= 0.3 is 0 Å². The van der Waals surface area contributed by atoms with Gasteiger partial charge in [-0.25, -0.2) is 4.98 Å². The van der Waals surface area contributed by atoms with Crippen molar-refractivity contribution in [2.24, 2.45) is 0 Å². The normalized spacial score (nSPS) is 18.0. The molecule has 27 heavy (non-hydrogen) atoms. The molecule has 2 aromatic rings. The Labute approximate surface area is 160 Å². The van der Waals surface area contributed by atoms with E-state index in [-0.39, 0.29) is 0 Å². The van der Waals surface area contributed by atoms with Gasteiger partial charge in [0.05, 0.1) is 0 Å². The van der Waals surface area contributed by atoms with Crippen LogP contribution in [0.3, 0.4) is 0 Å². The van der Waals surface area contributed by atoms with Crippen LogP contribution in [-0.2, 0) is 4.79 Å². The first-order valence-corrected chi connectivity index (χ1v) is 9.58. The number of amides is 1. The summed E-state index contributed by atoms with van der Waals surface area (Å²) in [6, 6.07) is 12.6. The fraction of sp³-hybridized carbons (Fsp3) is 0.450. The van der Waals surface area contributed by atoms with Crippen LogP contribution in [0.1, 0.15) is 5.69 Å². The summed E-state index contributed by atoms with van der Waals surface area (Å²) in [6.45, 7) is 8.91. The monoisotopic (exact) mass is 366 g/mol. The Morgan fingerprint density at radius 1 is 0.815 bits per heavy atom. The third-order valence-electron chi connectivity index (χ3n) is 5.30. The molecule has 0 radical (unpaired) electrons. The van der Waals surface area contributed by atoms with E-state index in [0.717, 1.165) is 76.2 Å². The number of carbonyl (C=O) groups excluding carboxylic acids is 1. The molecule has 0 unspecified atom stereocenters. The van der Waals surface area contributed by atoms with Gasteiger partial charge < -0.3 is 19.6 Å². The Morgan fingerprint density at radius 3 is 2.11 bits per heavy atom. The lowest BCUT2D eigenvalue weighted by Crippen LogP contribution is -2.48. The number of piperazine rings is 2. The van der Waals surface area contributed by atoms with Crippen molar-refractivity contribution in [2.45, 2.75) is 6.92 Å². The Kier molecular flexibility index (Phi) is 5.09. The molecule has 0 aliphatic carbocycles. The van der Waals surface area contributed by atoms with E-state index < -0.39 is 0 Å². The van der Waals surface area contributed by atoms with Crippen LogP contribution in [-0.4, -0.2) is 73.6 Å². The second-order valence-corrected chi connectivity index (χ2v) is 7.11. The van der Waals surface area contributed by atoms with Gasteiger partial charge in [-0.2, -0.15) is 4.98 Å². The molecular weight excluding hydrogens is 340 g/mol. The van der Waals surface area contributed by atoms with Gasteiger partial charge in [-0.3, -0.25) is 4.79 Å². The van der Waals surface area contributed by atoms with Crippen LogP contribution >= 0.6 is 0 Å². The molecule has 0 atom stereocenters. The molecule has 0 N–H and O–H groups in total. The number of rotatable bonds is 4. The number of aromatic nitrogens is 2. The fourth-order valence-corrected chi connectivity index (χ4v) is 3.70. The van der Waals surface area contributed by atoms with Crippen LogP contribution in [0.5, 0.6) is 0 Å². The van der Waals surface area contributed by atoms with Gasteiger partial charge in [-0.15, -0.1) is 0 Å². The SMILES string of the molecule is Cc1cc(N2CCN(C=O)CC2)nc(N2CCN(c3ccccc3)CC2)n1. The summed E-state index contributed by atoms with van der Waals surface area (Å²) < 4.78 is 0. The average molecular weight is 366 g/mol. The molecule has 142 valence electrons. The first-order valence-electron chi connectivity index (χ1n) is 9.58. The van der Waals surface area contributed by atoms with Crippen molar-refractivity contribution < 1.29 is 4.79 Å². The van der Waals surface area contributed by atoms with Crippen molar-refractivity contribution in [3.8, 4) is 0 Å². The lowest BCUT2D eigenvalue weighted by atomic mass is 10.2. The summed E-state index contributed by atoms with van der Waals surface area (Å²) in [5.41, 5.74) is 2.26. The highest BCUT2D eigenvalue weighted by molar-refractivity contribution is 5.52. The van der Waals surface area contributed by atoms with E-state index in [1.807, 2.05) is 17.9 Å². The van der Waals surface area contributed by atoms with Crippen molar-refractivity contribution in [3.05, 3.63) is 42.1 Å². The Hall–Kier alpha value is -2.83. The number of aryl methyl sites for hydroxylation is 1. The van der Waals surface area contributed by atoms with Crippen LogP contribution in [0.4, 0.5) is 17.5 Å². The molecule has 7 nitrogen and oxygen atoms in total. The zero-order valence-corrected chi connectivity index (χ0v) is 15.8. The van der Waals surface area contributed by atoms with E-state index in [0.29, 0.717) is 0 Å². The molecule has 3 heterocycles. The Morgan fingerprint density at radius 2 is 1.44 bits per heavy atom. The van der Waals surface area contributed by atoms with E-state index >= 15 is 0 Å². The summed E-state index contributed by atoms with van der Waals surface area (Å²) in [4.78, 5) is 29.2. The predicted octanol–water partition coefficient (Wildman–Crippen LogP) is 1.39. The zero-order chi connectivity index (χ0) is 18.6. The van der Waals surface area contributed by atoms with Crippen molar-refractivity contribution in [3.63, 3.8) is 0 Å². The number of hydrogen-bond acceptors (Lipinski definition) is 6. The minimum absolute atomic E-state index is 0.748. The number of anilines is 3. The lowest BCUT2D eigenvalue weighted by Gasteiger charge is -2.37. The van der Waals surface area contributed by atoms with Gasteiger partial charge in [0.2, 0.25) is 12.4 Å². The lowest BCUT2D eigenvalue weighted by molar-refractivity contribution is -0.118. The molecule has 1 aromatic heterocycles. The second kappa shape index (κ2) is 7.82. The third-order valence-corrected chi connectivity index (χ3v) is 5.30. The van der Waals surface area contributed by atoms with E-state index in [4.69, 9.17) is 4.98 Å². The van der Waals surface area contributed by atoms with Crippen LogP contribution in [0, 0.1) is 6.92 Å². The largest absolute Gasteiger partial charge is 0.368 e. The van der Waals surface area contributed by atoms with Crippen LogP contribution in [0.15, 0.2) is 36.4 Å². The quantitative estimate of drug-likeness (QED) is 0.763. The Balaban J connectivity index is 1.44. The number of para-hydroxylation sites is 1. The summed E-state index contributed by atoms with van der Waals surface area (Å²) in [5, 5.41) is 0. The summed E-state index contributed by atoms with van der Waals surface area (Å²) >= 11 is 0. The van der Waals surface area contributed by atoms with Crippen LogP contribution in [0.25, 0.3) is 0 Å². The van der Waals surface area contributed by atoms with Gasteiger partial charge in [-0.1, -0.05) is 18.2 Å². The maximum Gasteiger partial charge on any atom is 0.227 e. The Bertz CT molecular complexity index is 767. The predicted molar refractivity (Wildman–Crippen MR) is 107 cm³/mol. The van der Waals surface area contributed by atoms with Gasteiger partial charge in [0.15, 0.2) is 0 Å². The number of hydrogen-bond donors (Lipinski definition) is 0. The second-order valence-electron chi connectivity index (χ2n) is 7.11. The van der Waals surface area contributed by atoms with E-state index in [9.17, 15) is 4.79 Å². The molecule has 4 rings (SSSR count). The van der Waals surface area contributed by atoms with E-state index in [2.05, 4.69) is 50.0 Å². The van der Waals surface area contributed by atoms with Crippen molar-refractivity contribution in [2.75, 3.05) is 67.1 Å². The van der Waals surface area contributed by atoms with Gasteiger partial charge in [0, 0.05) is 69.8 Å². The highest BCUT2D eigenvalue weighted by Gasteiger charge is 2.22. The molecule has 1 aromatic carbocycles. The van der Waals surface area contributed by atoms with Crippen molar-refractivity contribution in [1.29, 1.82) is 0 Å². The molecule has 0 spiro atoms. The maximum absolute atomic E-state index is 10.9. The number of carbonyl (C=O) groups is 1. The van der Waals surface area contributed by atoms with Crippen LogP contribution < -0.4 is 14.7 Å². The molecule has 2 aliphatic heterocycles. The number of nitrogens with zero attached hydrogens (tertiary/aromatic N) is 6. The minimum Gasteiger partial charge on any atom is -0.368 e. The average Bonchev–Trinajstić information content (AvgIpc) is 2.74. The van der Waals surface area contributed by atoms with E-state index in [1.165, 1.54) is 5.69 Å². The minimum atomic E-state index is 0.748. The standard InChI is InChI=1S/C20H26N6O/c1-17-15-19(25-9-7-23(16-27)8-10-25)22-20(21-17)26-13-11-24(12-14-26)18-5-3-2-4-6-18/h2-6,15-16H,7-14H2,1H3. The van der Waals surface area contributed by atoms with Crippen LogP contribution in [0.2, 0.25) is 0 Å². The van der Waals surface area contributed by atoms with Gasteiger partial charge in [-0.05, 0) is 19.1 Å². The summed E-state index contributed by atoms with van der Waals surface area (Å²) in [6.07, 6.45) is 0.931. The highest BCUT2D eigenvalue weighted by atomic mass is 16.1. The first kappa shape index (κ1) is 17.6. The number of benzene rings is 1. The molecule has 2 aliphatic rings. The highest BCUT2D eigenvalue weighted by Crippen LogP contribution is 2.21. The van der Waals surface area contributed by atoms with Gasteiger partial charge in [0.25, 0.3) is 0 Å². The van der Waals surface area contributed by atoms with Gasteiger partial charge in [0.1, 0.15) is 5.82 Å². The zero-order valence-electron chi connectivity index (χ0n) is 15.8. The summed E-state index contributed by atoms with van der Waals surface area (Å²) in [7, 11) is 0. The molecule has 7 heteroatoms. The fourth-order valence-electron chi connectivity index (χ4n) is 3.70. The first-order chi connectivity index (χ1) is 13.2.